The quantitative estimate of drug-likeness (QED) is 0.890. The highest BCUT2D eigenvalue weighted by Crippen LogP contribution is 2.37. The molecule has 128 valence electrons. The zero-order chi connectivity index (χ0) is 15.5. The van der Waals surface area contributed by atoms with Crippen LogP contribution < -0.4 is 5.73 Å². The van der Waals surface area contributed by atoms with Crippen LogP contribution in [-0.4, -0.2) is 22.9 Å². The second kappa shape index (κ2) is 8.16. The van der Waals surface area contributed by atoms with Gasteiger partial charge in [-0.15, -0.1) is 12.4 Å². The van der Waals surface area contributed by atoms with Crippen LogP contribution in [0.15, 0.2) is 30.3 Å². The van der Waals surface area contributed by atoms with Crippen molar-refractivity contribution in [1.29, 1.82) is 0 Å². The van der Waals surface area contributed by atoms with Gasteiger partial charge in [0.05, 0.1) is 0 Å². The van der Waals surface area contributed by atoms with Gasteiger partial charge in [0, 0.05) is 24.5 Å². The first kappa shape index (κ1) is 18.3. The van der Waals surface area contributed by atoms with Gasteiger partial charge in [-0.2, -0.15) is 0 Å². The minimum absolute atomic E-state index is 0. The zero-order valence-corrected chi connectivity index (χ0v) is 14.8. The molecule has 2 N–H and O–H groups in total. The number of carbonyl (C=O) groups is 1. The third-order valence-electron chi connectivity index (χ3n) is 5.34. The standard InChI is InChI=1S/C19H28N2O.ClH/c1-14(16-10-11-16)21(13-15-6-3-2-4-7-15)19(22)17-8-5-9-18(20)12-17;/h2-4,6-7,14,16-18H,5,8-13,20H2,1H3;1H. The summed E-state index contributed by atoms with van der Waals surface area (Å²) in [4.78, 5) is 15.2. The Kier molecular flexibility index (Phi) is 6.49. The molecular formula is C19H29ClN2O. The van der Waals surface area contributed by atoms with Crippen LogP contribution in [0.4, 0.5) is 0 Å². The smallest absolute Gasteiger partial charge is 0.226 e. The molecule has 0 saturated heterocycles. The lowest BCUT2D eigenvalue weighted by atomic mass is 9.85. The van der Waals surface area contributed by atoms with E-state index >= 15 is 0 Å². The molecule has 0 aliphatic heterocycles. The first-order valence-electron chi connectivity index (χ1n) is 8.75. The van der Waals surface area contributed by atoms with Crippen molar-refractivity contribution in [1.82, 2.24) is 4.90 Å². The molecule has 1 aromatic carbocycles. The maximum Gasteiger partial charge on any atom is 0.226 e. The van der Waals surface area contributed by atoms with Gasteiger partial charge in [0.2, 0.25) is 5.91 Å². The van der Waals surface area contributed by atoms with Gasteiger partial charge < -0.3 is 10.6 Å². The van der Waals surface area contributed by atoms with Crippen LogP contribution in [0.5, 0.6) is 0 Å². The molecule has 23 heavy (non-hydrogen) atoms. The van der Waals surface area contributed by atoms with Gasteiger partial charge in [0.1, 0.15) is 0 Å². The predicted octanol–water partition coefficient (Wildman–Crippen LogP) is 3.75. The summed E-state index contributed by atoms with van der Waals surface area (Å²) in [6.45, 7) is 2.96. The van der Waals surface area contributed by atoms with E-state index in [-0.39, 0.29) is 24.4 Å². The van der Waals surface area contributed by atoms with E-state index in [0.29, 0.717) is 17.9 Å². The number of carbonyl (C=O) groups excluding carboxylic acids is 1. The van der Waals surface area contributed by atoms with Gasteiger partial charge >= 0.3 is 0 Å². The second-order valence-corrected chi connectivity index (χ2v) is 7.15. The third-order valence-corrected chi connectivity index (χ3v) is 5.34. The molecule has 0 bridgehead atoms. The van der Waals surface area contributed by atoms with Gasteiger partial charge in [0.15, 0.2) is 0 Å². The first-order chi connectivity index (χ1) is 10.6. The molecule has 0 radical (unpaired) electrons. The van der Waals surface area contributed by atoms with Crippen molar-refractivity contribution in [3.8, 4) is 0 Å². The van der Waals surface area contributed by atoms with Crippen molar-refractivity contribution >= 4 is 18.3 Å². The van der Waals surface area contributed by atoms with Crippen molar-refractivity contribution in [2.45, 2.75) is 64.1 Å². The van der Waals surface area contributed by atoms with E-state index in [4.69, 9.17) is 5.73 Å². The van der Waals surface area contributed by atoms with Crippen LogP contribution in [0.25, 0.3) is 0 Å². The summed E-state index contributed by atoms with van der Waals surface area (Å²) in [7, 11) is 0. The lowest BCUT2D eigenvalue weighted by Gasteiger charge is -2.35. The Hall–Kier alpha value is -1.06. The molecule has 2 aliphatic carbocycles. The minimum Gasteiger partial charge on any atom is -0.335 e. The van der Waals surface area contributed by atoms with Gasteiger partial charge in [0.25, 0.3) is 0 Å². The maximum absolute atomic E-state index is 13.1. The van der Waals surface area contributed by atoms with E-state index in [1.807, 2.05) is 6.07 Å². The Labute approximate surface area is 146 Å². The maximum atomic E-state index is 13.1. The Morgan fingerprint density at radius 3 is 2.52 bits per heavy atom. The van der Waals surface area contributed by atoms with E-state index in [0.717, 1.165) is 32.2 Å². The molecule has 2 saturated carbocycles. The lowest BCUT2D eigenvalue weighted by Crippen LogP contribution is -2.45. The average molecular weight is 337 g/mol. The number of hydrogen-bond acceptors (Lipinski definition) is 2. The van der Waals surface area contributed by atoms with Gasteiger partial charge in [-0.25, -0.2) is 0 Å². The average Bonchev–Trinajstić information content (AvgIpc) is 3.37. The van der Waals surface area contributed by atoms with Crippen LogP contribution in [0, 0.1) is 11.8 Å². The molecule has 3 atom stereocenters. The fraction of sp³-hybridized carbons (Fsp3) is 0.632. The van der Waals surface area contributed by atoms with Crippen molar-refractivity contribution < 1.29 is 4.79 Å². The molecule has 0 heterocycles. The first-order valence-corrected chi connectivity index (χ1v) is 8.75. The number of nitrogens with zero attached hydrogens (tertiary/aromatic N) is 1. The summed E-state index contributed by atoms with van der Waals surface area (Å²) in [5, 5.41) is 0. The number of amides is 1. The fourth-order valence-electron chi connectivity index (χ4n) is 3.72. The number of nitrogens with two attached hydrogens (primary N) is 1. The van der Waals surface area contributed by atoms with Crippen LogP contribution in [0.2, 0.25) is 0 Å². The summed E-state index contributed by atoms with van der Waals surface area (Å²) in [5.74, 6) is 1.16. The largest absolute Gasteiger partial charge is 0.335 e. The number of halogens is 1. The lowest BCUT2D eigenvalue weighted by molar-refractivity contribution is -0.140. The van der Waals surface area contributed by atoms with E-state index in [2.05, 4.69) is 36.1 Å². The van der Waals surface area contributed by atoms with E-state index < -0.39 is 0 Å². The molecule has 3 rings (SSSR count). The zero-order valence-electron chi connectivity index (χ0n) is 14.0. The molecule has 0 spiro atoms. The summed E-state index contributed by atoms with van der Waals surface area (Å²) in [6, 6.07) is 10.9. The van der Waals surface area contributed by atoms with Crippen molar-refractivity contribution in [3.05, 3.63) is 35.9 Å². The molecular weight excluding hydrogens is 308 g/mol. The van der Waals surface area contributed by atoms with Gasteiger partial charge in [-0.1, -0.05) is 36.8 Å². The molecule has 3 nitrogen and oxygen atoms in total. The minimum atomic E-state index is 0. The highest BCUT2D eigenvalue weighted by molar-refractivity contribution is 5.85. The molecule has 2 aliphatic rings. The predicted molar refractivity (Wildman–Crippen MR) is 96.4 cm³/mol. The van der Waals surface area contributed by atoms with Crippen molar-refractivity contribution in [3.63, 3.8) is 0 Å². The van der Waals surface area contributed by atoms with Crippen LogP contribution in [0.3, 0.4) is 0 Å². The van der Waals surface area contributed by atoms with Crippen LogP contribution in [-0.2, 0) is 11.3 Å². The summed E-state index contributed by atoms with van der Waals surface area (Å²) in [6.07, 6.45) is 6.57. The van der Waals surface area contributed by atoms with E-state index in [9.17, 15) is 4.79 Å². The summed E-state index contributed by atoms with van der Waals surface area (Å²) < 4.78 is 0. The SMILES string of the molecule is CC(C1CC1)N(Cc1ccccc1)C(=O)C1CCCC(N)C1.Cl. The molecule has 1 aromatic rings. The number of benzene rings is 1. The van der Waals surface area contributed by atoms with Crippen molar-refractivity contribution in [2.75, 3.05) is 0 Å². The Morgan fingerprint density at radius 2 is 1.91 bits per heavy atom. The highest BCUT2D eigenvalue weighted by Gasteiger charge is 2.37. The van der Waals surface area contributed by atoms with Gasteiger partial charge in [-0.05, 0) is 50.5 Å². The number of rotatable bonds is 5. The third kappa shape index (κ3) is 4.71. The van der Waals surface area contributed by atoms with E-state index in [1.54, 1.807) is 0 Å². The molecule has 1 amide bonds. The fourth-order valence-corrected chi connectivity index (χ4v) is 3.72. The summed E-state index contributed by atoms with van der Waals surface area (Å²) in [5.41, 5.74) is 7.32. The van der Waals surface area contributed by atoms with Crippen molar-refractivity contribution in [2.24, 2.45) is 17.6 Å². The summed E-state index contributed by atoms with van der Waals surface area (Å²) >= 11 is 0. The topological polar surface area (TPSA) is 46.3 Å². The van der Waals surface area contributed by atoms with Crippen LogP contribution in [0.1, 0.15) is 51.0 Å². The Morgan fingerprint density at radius 1 is 1.22 bits per heavy atom. The molecule has 2 fully saturated rings. The second-order valence-electron chi connectivity index (χ2n) is 7.15. The normalized spacial score (nSPS) is 25.3. The van der Waals surface area contributed by atoms with E-state index in [1.165, 1.54) is 18.4 Å². The monoisotopic (exact) mass is 336 g/mol. The Bertz CT molecular complexity index is 503. The van der Waals surface area contributed by atoms with Gasteiger partial charge in [-0.3, -0.25) is 4.79 Å². The highest BCUT2D eigenvalue weighted by atomic mass is 35.5. The van der Waals surface area contributed by atoms with Crippen LogP contribution >= 0.6 is 12.4 Å². The molecule has 0 aromatic heterocycles. The molecule has 4 heteroatoms. The number of hydrogen-bond donors (Lipinski definition) is 1. The molecule has 3 unspecified atom stereocenters. The Balaban J connectivity index is 0.00000192.